The number of nitrogens with one attached hydrogen (secondary N) is 1. The number of hydrogen-bond acceptors (Lipinski definition) is 2. The highest BCUT2D eigenvalue weighted by atomic mass is 16.5. The second kappa shape index (κ2) is 7.29. The molecule has 0 unspecified atom stereocenters. The van der Waals surface area contributed by atoms with E-state index in [1.807, 2.05) is 62.4 Å². The van der Waals surface area contributed by atoms with Gasteiger partial charge in [-0.2, -0.15) is 0 Å². The fourth-order valence-corrected chi connectivity index (χ4v) is 1.90. The molecule has 3 nitrogen and oxygen atoms in total. The lowest BCUT2D eigenvalue weighted by Crippen LogP contribution is -2.08. The average molecular weight is 281 g/mol. The minimum atomic E-state index is -0.141. The van der Waals surface area contributed by atoms with Crippen LogP contribution < -0.4 is 10.1 Å². The molecule has 0 bridgehead atoms. The van der Waals surface area contributed by atoms with E-state index in [1.54, 1.807) is 6.08 Å². The van der Waals surface area contributed by atoms with Gasteiger partial charge in [-0.25, -0.2) is 0 Å². The highest BCUT2D eigenvalue weighted by molar-refractivity contribution is 6.02. The number of aryl methyl sites for hydroxylation is 1. The Balaban J connectivity index is 1.97. The molecule has 2 rings (SSSR count). The van der Waals surface area contributed by atoms with E-state index in [4.69, 9.17) is 4.74 Å². The van der Waals surface area contributed by atoms with Crippen molar-refractivity contribution in [1.29, 1.82) is 0 Å². The summed E-state index contributed by atoms with van der Waals surface area (Å²) in [6, 6.07) is 15.3. The second-order valence-electron chi connectivity index (χ2n) is 4.64. The molecular formula is C18H19NO2. The summed E-state index contributed by atoms with van der Waals surface area (Å²) in [6.07, 6.45) is 3.31. The Hall–Kier alpha value is -2.55. The fourth-order valence-electron chi connectivity index (χ4n) is 1.90. The third kappa shape index (κ3) is 4.49. The van der Waals surface area contributed by atoms with Crippen molar-refractivity contribution < 1.29 is 9.53 Å². The van der Waals surface area contributed by atoms with Gasteiger partial charge in [-0.1, -0.05) is 30.3 Å². The van der Waals surface area contributed by atoms with Crippen molar-refractivity contribution in [2.45, 2.75) is 13.8 Å². The number of ether oxygens (including phenoxy) is 1. The lowest BCUT2D eigenvalue weighted by Gasteiger charge is -2.05. The largest absolute Gasteiger partial charge is 0.494 e. The molecule has 0 aliphatic carbocycles. The summed E-state index contributed by atoms with van der Waals surface area (Å²) >= 11 is 0. The van der Waals surface area contributed by atoms with Crippen LogP contribution in [0, 0.1) is 6.92 Å². The molecule has 0 heterocycles. The van der Waals surface area contributed by atoms with Gasteiger partial charge in [-0.3, -0.25) is 4.79 Å². The quantitative estimate of drug-likeness (QED) is 0.840. The zero-order chi connectivity index (χ0) is 15.1. The number of rotatable bonds is 5. The predicted octanol–water partition coefficient (Wildman–Crippen LogP) is 4.05. The first-order chi connectivity index (χ1) is 10.2. The second-order valence-corrected chi connectivity index (χ2v) is 4.64. The molecule has 0 fully saturated rings. The van der Waals surface area contributed by atoms with Crippen LogP contribution >= 0.6 is 0 Å². The zero-order valence-corrected chi connectivity index (χ0v) is 12.3. The molecule has 108 valence electrons. The molecule has 0 aliphatic heterocycles. The normalized spacial score (nSPS) is 10.6. The Morgan fingerprint density at radius 1 is 1.14 bits per heavy atom. The van der Waals surface area contributed by atoms with Crippen molar-refractivity contribution in [2.75, 3.05) is 11.9 Å². The Kier molecular flexibility index (Phi) is 5.16. The molecule has 3 heteroatoms. The molecule has 0 aliphatic rings. The van der Waals surface area contributed by atoms with E-state index in [9.17, 15) is 4.79 Å². The Morgan fingerprint density at radius 2 is 1.86 bits per heavy atom. The first-order valence-electron chi connectivity index (χ1n) is 6.96. The number of amides is 1. The van der Waals surface area contributed by atoms with Crippen molar-refractivity contribution in [2.24, 2.45) is 0 Å². The number of benzene rings is 2. The van der Waals surface area contributed by atoms with Gasteiger partial charge < -0.3 is 10.1 Å². The summed E-state index contributed by atoms with van der Waals surface area (Å²) < 4.78 is 5.38. The Labute approximate surface area is 125 Å². The van der Waals surface area contributed by atoms with Crippen molar-refractivity contribution >= 4 is 17.7 Å². The van der Waals surface area contributed by atoms with Gasteiger partial charge in [0.2, 0.25) is 5.91 Å². The smallest absolute Gasteiger partial charge is 0.248 e. The summed E-state index contributed by atoms with van der Waals surface area (Å²) in [5.41, 5.74) is 2.83. The van der Waals surface area contributed by atoms with Gasteiger partial charge in [0.05, 0.1) is 6.61 Å². The van der Waals surface area contributed by atoms with Gasteiger partial charge in [-0.15, -0.1) is 0 Å². The van der Waals surface area contributed by atoms with Crippen LogP contribution in [0.2, 0.25) is 0 Å². The van der Waals surface area contributed by atoms with Gasteiger partial charge in [-0.05, 0) is 49.2 Å². The lowest BCUT2D eigenvalue weighted by molar-refractivity contribution is -0.111. The van der Waals surface area contributed by atoms with E-state index < -0.39 is 0 Å². The first kappa shape index (κ1) is 14.9. The molecule has 21 heavy (non-hydrogen) atoms. The first-order valence-corrected chi connectivity index (χ1v) is 6.96. The van der Waals surface area contributed by atoms with Gasteiger partial charge in [0.15, 0.2) is 0 Å². The van der Waals surface area contributed by atoms with E-state index in [1.165, 1.54) is 6.08 Å². The van der Waals surface area contributed by atoms with E-state index in [-0.39, 0.29) is 5.91 Å². The summed E-state index contributed by atoms with van der Waals surface area (Å²) in [7, 11) is 0. The van der Waals surface area contributed by atoms with E-state index in [0.29, 0.717) is 6.61 Å². The third-order valence-corrected chi connectivity index (χ3v) is 3.02. The lowest BCUT2D eigenvalue weighted by atomic mass is 10.2. The minimum absolute atomic E-state index is 0.141. The molecule has 0 saturated heterocycles. The van der Waals surface area contributed by atoms with Crippen LogP contribution in [-0.4, -0.2) is 12.5 Å². The molecule has 2 aromatic rings. The highest BCUT2D eigenvalue weighted by Gasteiger charge is 2.00. The Bertz CT molecular complexity index is 630. The summed E-state index contributed by atoms with van der Waals surface area (Å²) in [4.78, 5) is 11.9. The van der Waals surface area contributed by atoms with Crippen LogP contribution in [-0.2, 0) is 4.79 Å². The van der Waals surface area contributed by atoms with Crippen LogP contribution in [0.3, 0.4) is 0 Å². The SMILES string of the molecule is CCOc1ccc(/C=C/C(=O)Nc2ccccc2C)cc1. The van der Waals surface area contributed by atoms with Crippen molar-refractivity contribution in [3.8, 4) is 5.75 Å². The average Bonchev–Trinajstić information content (AvgIpc) is 2.49. The van der Waals surface area contributed by atoms with Crippen molar-refractivity contribution in [3.05, 3.63) is 65.7 Å². The molecule has 1 amide bonds. The monoisotopic (exact) mass is 281 g/mol. The third-order valence-electron chi connectivity index (χ3n) is 3.02. The van der Waals surface area contributed by atoms with Crippen LogP contribution in [0.1, 0.15) is 18.1 Å². The van der Waals surface area contributed by atoms with Crippen molar-refractivity contribution in [3.63, 3.8) is 0 Å². The molecular weight excluding hydrogens is 262 g/mol. The molecule has 2 aromatic carbocycles. The van der Waals surface area contributed by atoms with E-state index in [0.717, 1.165) is 22.6 Å². The molecule has 0 radical (unpaired) electrons. The number of para-hydroxylation sites is 1. The minimum Gasteiger partial charge on any atom is -0.494 e. The topological polar surface area (TPSA) is 38.3 Å². The highest BCUT2D eigenvalue weighted by Crippen LogP contribution is 2.14. The molecule has 0 spiro atoms. The van der Waals surface area contributed by atoms with Crippen LogP contribution in [0.25, 0.3) is 6.08 Å². The van der Waals surface area contributed by atoms with E-state index in [2.05, 4.69) is 5.32 Å². The van der Waals surface area contributed by atoms with Gasteiger partial charge in [0.25, 0.3) is 0 Å². The summed E-state index contributed by atoms with van der Waals surface area (Å²) in [5.74, 6) is 0.692. The summed E-state index contributed by atoms with van der Waals surface area (Å²) in [5, 5.41) is 2.86. The van der Waals surface area contributed by atoms with Gasteiger partial charge in [0.1, 0.15) is 5.75 Å². The van der Waals surface area contributed by atoms with Crippen LogP contribution in [0.15, 0.2) is 54.6 Å². The maximum atomic E-state index is 11.9. The molecule has 1 N–H and O–H groups in total. The number of carbonyl (C=O) groups is 1. The maximum absolute atomic E-state index is 11.9. The standard InChI is InChI=1S/C18H19NO2/c1-3-21-16-11-8-15(9-12-16)10-13-18(20)19-17-7-5-4-6-14(17)2/h4-13H,3H2,1-2H3,(H,19,20)/b13-10+. The zero-order valence-electron chi connectivity index (χ0n) is 12.3. The predicted molar refractivity (Wildman–Crippen MR) is 86.5 cm³/mol. The Morgan fingerprint density at radius 3 is 2.52 bits per heavy atom. The molecule has 0 saturated carbocycles. The molecule has 0 atom stereocenters. The number of hydrogen-bond donors (Lipinski definition) is 1. The number of anilines is 1. The van der Waals surface area contributed by atoms with Crippen molar-refractivity contribution in [1.82, 2.24) is 0 Å². The maximum Gasteiger partial charge on any atom is 0.248 e. The fraction of sp³-hybridized carbons (Fsp3) is 0.167. The molecule has 0 aromatic heterocycles. The van der Waals surface area contributed by atoms with Crippen LogP contribution in [0.4, 0.5) is 5.69 Å². The van der Waals surface area contributed by atoms with Crippen LogP contribution in [0.5, 0.6) is 5.75 Å². The van der Waals surface area contributed by atoms with Gasteiger partial charge in [0, 0.05) is 11.8 Å². The van der Waals surface area contributed by atoms with Gasteiger partial charge >= 0.3 is 0 Å². The van der Waals surface area contributed by atoms with E-state index >= 15 is 0 Å². The summed E-state index contributed by atoms with van der Waals surface area (Å²) in [6.45, 7) is 4.56. The number of carbonyl (C=O) groups excluding carboxylic acids is 1.